The molecular formula is C15H24N2O3. The van der Waals surface area contributed by atoms with E-state index in [1.54, 1.807) is 0 Å². The number of hydrogen-bond acceptors (Lipinski definition) is 4. The Hall–Kier alpha value is -1.36. The van der Waals surface area contributed by atoms with E-state index in [0.717, 1.165) is 43.5 Å². The number of carbonyl (C=O) groups excluding carboxylic acids is 1. The number of aryl methyl sites for hydroxylation is 2. The highest BCUT2D eigenvalue weighted by atomic mass is 16.5. The summed E-state index contributed by atoms with van der Waals surface area (Å²) in [6.45, 7) is 2.69. The minimum absolute atomic E-state index is 0.0586. The Bertz CT molecular complexity index is 448. The van der Waals surface area contributed by atoms with Crippen LogP contribution in [0.2, 0.25) is 0 Å². The number of nitrogens with zero attached hydrogens (tertiary/aromatic N) is 2. The molecule has 20 heavy (non-hydrogen) atoms. The van der Waals surface area contributed by atoms with Gasteiger partial charge in [0.05, 0.1) is 37.1 Å². The van der Waals surface area contributed by atoms with Gasteiger partial charge < -0.3 is 9.47 Å². The molecule has 0 atom stereocenters. The van der Waals surface area contributed by atoms with Crippen molar-refractivity contribution in [2.24, 2.45) is 13.0 Å². The van der Waals surface area contributed by atoms with Crippen molar-refractivity contribution in [2.75, 3.05) is 7.11 Å². The fourth-order valence-corrected chi connectivity index (χ4v) is 2.71. The number of aromatic nitrogens is 2. The van der Waals surface area contributed by atoms with Gasteiger partial charge in [-0.25, -0.2) is 0 Å². The van der Waals surface area contributed by atoms with Crippen molar-refractivity contribution in [1.29, 1.82) is 0 Å². The highest BCUT2D eigenvalue weighted by Gasteiger charge is 2.27. The minimum Gasteiger partial charge on any atom is -0.469 e. The molecule has 2 rings (SSSR count). The highest BCUT2D eigenvalue weighted by Crippen LogP contribution is 2.27. The Balaban J connectivity index is 1.78. The van der Waals surface area contributed by atoms with E-state index in [2.05, 4.69) is 18.1 Å². The van der Waals surface area contributed by atoms with Crippen molar-refractivity contribution < 1.29 is 14.3 Å². The molecular weight excluding hydrogens is 256 g/mol. The van der Waals surface area contributed by atoms with Gasteiger partial charge in [-0.05, 0) is 38.2 Å². The Morgan fingerprint density at radius 3 is 2.65 bits per heavy atom. The van der Waals surface area contributed by atoms with Crippen LogP contribution in [0.15, 0.2) is 6.07 Å². The predicted molar refractivity (Wildman–Crippen MR) is 75.1 cm³/mol. The van der Waals surface area contributed by atoms with Crippen molar-refractivity contribution in [3.8, 4) is 0 Å². The van der Waals surface area contributed by atoms with Gasteiger partial charge >= 0.3 is 5.97 Å². The van der Waals surface area contributed by atoms with E-state index in [-0.39, 0.29) is 18.0 Å². The highest BCUT2D eigenvalue weighted by molar-refractivity contribution is 5.72. The third-order valence-electron chi connectivity index (χ3n) is 4.07. The molecule has 5 heteroatoms. The maximum atomic E-state index is 11.5. The molecule has 1 aliphatic carbocycles. The Kier molecular flexibility index (Phi) is 5.17. The van der Waals surface area contributed by atoms with E-state index in [0.29, 0.717) is 6.61 Å². The Labute approximate surface area is 120 Å². The van der Waals surface area contributed by atoms with E-state index in [4.69, 9.17) is 9.47 Å². The lowest BCUT2D eigenvalue weighted by Gasteiger charge is -2.26. The first kappa shape index (κ1) is 15.0. The van der Waals surface area contributed by atoms with Crippen molar-refractivity contribution in [3.63, 3.8) is 0 Å². The van der Waals surface area contributed by atoms with Crippen LogP contribution in [0.1, 0.15) is 44.0 Å². The lowest BCUT2D eigenvalue weighted by molar-refractivity contribution is -0.147. The number of esters is 1. The van der Waals surface area contributed by atoms with Crippen LogP contribution in [0, 0.1) is 5.92 Å². The van der Waals surface area contributed by atoms with E-state index >= 15 is 0 Å². The third-order valence-corrected chi connectivity index (χ3v) is 4.07. The summed E-state index contributed by atoms with van der Waals surface area (Å²) >= 11 is 0. The van der Waals surface area contributed by atoms with Crippen LogP contribution in [0.3, 0.4) is 0 Å². The average molecular weight is 280 g/mol. The lowest BCUT2D eigenvalue weighted by Crippen LogP contribution is -2.27. The number of ether oxygens (including phenoxy) is 2. The van der Waals surface area contributed by atoms with Gasteiger partial charge in [-0.15, -0.1) is 0 Å². The van der Waals surface area contributed by atoms with Gasteiger partial charge in [0.1, 0.15) is 0 Å². The normalized spacial score (nSPS) is 22.8. The number of rotatable bonds is 5. The van der Waals surface area contributed by atoms with E-state index in [9.17, 15) is 4.79 Å². The maximum Gasteiger partial charge on any atom is 0.308 e. The molecule has 0 aliphatic heterocycles. The van der Waals surface area contributed by atoms with E-state index in [1.807, 2.05) is 11.7 Å². The summed E-state index contributed by atoms with van der Waals surface area (Å²) < 4.78 is 12.6. The number of hydrogen-bond donors (Lipinski definition) is 0. The molecule has 1 aliphatic rings. The van der Waals surface area contributed by atoms with E-state index in [1.165, 1.54) is 7.11 Å². The van der Waals surface area contributed by atoms with Crippen molar-refractivity contribution in [2.45, 2.75) is 51.7 Å². The molecule has 1 aromatic heterocycles. The molecule has 0 bridgehead atoms. The van der Waals surface area contributed by atoms with Crippen LogP contribution in [-0.2, 0) is 34.3 Å². The van der Waals surface area contributed by atoms with Crippen molar-refractivity contribution in [3.05, 3.63) is 17.5 Å². The van der Waals surface area contributed by atoms with Gasteiger partial charge in [0.15, 0.2) is 0 Å². The van der Waals surface area contributed by atoms with Gasteiger partial charge in [-0.1, -0.05) is 6.92 Å². The molecule has 0 N–H and O–H groups in total. The second-order valence-electron chi connectivity index (χ2n) is 5.41. The molecule has 0 spiro atoms. The first-order valence-corrected chi connectivity index (χ1v) is 7.35. The SMILES string of the molecule is CCc1cc(COC2CCC(C(=O)OC)CC2)n(C)n1. The fourth-order valence-electron chi connectivity index (χ4n) is 2.71. The number of methoxy groups -OCH3 is 1. The molecule has 112 valence electrons. The van der Waals surface area contributed by atoms with Crippen LogP contribution in [-0.4, -0.2) is 29.0 Å². The Morgan fingerprint density at radius 2 is 2.10 bits per heavy atom. The van der Waals surface area contributed by atoms with Gasteiger partial charge in [0.2, 0.25) is 0 Å². The van der Waals surface area contributed by atoms with Gasteiger partial charge in [-0.3, -0.25) is 9.48 Å². The molecule has 1 fully saturated rings. The first-order chi connectivity index (χ1) is 9.63. The zero-order valence-corrected chi connectivity index (χ0v) is 12.6. The monoisotopic (exact) mass is 280 g/mol. The van der Waals surface area contributed by atoms with Gasteiger partial charge in [-0.2, -0.15) is 5.10 Å². The summed E-state index contributed by atoms with van der Waals surface area (Å²) in [4.78, 5) is 11.5. The van der Waals surface area contributed by atoms with Crippen molar-refractivity contribution in [1.82, 2.24) is 9.78 Å². The average Bonchev–Trinajstić information content (AvgIpc) is 2.85. The van der Waals surface area contributed by atoms with E-state index < -0.39 is 0 Å². The smallest absolute Gasteiger partial charge is 0.308 e. The molecule has 0 aromatic carbocycles. The number of carbonyl (C=O) groups is 1. The molecule has 0 amide bonds. The Morgan fingerprint density at radius 1 is 1.40 bits per heavy atom. The fraction of sp³-hybridized carbons (Fsp3) is 0.733. The van der Waals surface area contributed by atoms with Crippen molar-refractivity contribution >= 4 is 5.97 Å². The van der Waals surface area contributed by atoms with Crippen LogP contribution >= 0.6 is 0 Å². The molecule has 1 aromatic rings. The summed E-state index contributed by atoms with van der Waals surface area (Å²) in [5.41, 5.74) is 2.21. The first-order valence-electron chi connectivity index (χ1n) is 7.35. The maximum absolute atomic E-state index is 11.5. The molecule has 5 nitrogen and oxygen atoms in total. The molecule has 1 heterocycles. The van der Waals surface area contributed by atoms with Crippen LogP contribution in [0.4, 0.5) is 0 Å². The summed E-state index contributed by atoms with van der Waals surface area (Å²) in [7, 11) is 3.41. The lowest BCUT2D eigenvalue weighted by atomic mass is 9.87. The van der Waals surface area contributed by atoms with Crippen LogP contribution in [0.25, 0.3) is 0 Å². The second kappa shape index (κ2) is 6.88. The summed E-state index contributed by atoms with van der Waals surface area (Å²) in [6, 6.07) is 2.10. The second-order valence-corrected chi connectivity index (χ2v) is 5.41. The summed E-state index contributed by atoms with van der Waals surface area (Å²) in [6.07, 6.45) is 4.77. The summed E-state index contributed by atoms with van der Waals surface area (Å²) in [5, 5.41) is 4.41. The summed E-state index contributed by atoms with van der Waals surface area (Å²) in [5.74, 6) is -0.0223. The van der Waals surface area contributed by atoms with Crippen LogP contribution < -0.4 is 0 Å². The van der Waals surface area contributed by atoms with Gasteiger partial charge in [0, 0.05) is 7.05 Å². The minimum atomic E-state index is -0.0809. The van der Waals surface area contributed by atoms with Crippen LogP contribution in [0.5, 0.6) is 0 Å². The predicted octanol–water partition coefficient (Wildman–Crippen LogP) is 2.23. The molecule has 1 saturated carbocycles. The zero-order chi connectivity index (χ0) is 14.5. The standard InChI is InChI=1S/C15H24N2O3/c1-4-12-9-13(17(2)16-12)10-20-14-7-5-11(6-8-14)15(18)19-3/h9,11,14H,4-8,10H2,1-3H3. The largest absolute Gasteiger partial charge is 0.469 e. The zero-order valence-electron chi connectivity index (χ0n) is 12.6. The molecule has 0 radical (unpaired) electrons. The third kappa shape index (κ3) is 3.60. The van der Waals surface area contributed by atoms with Gasteiger partial charge in [0.25, 0.3) is 0 Å². The topological polar surface area (TPSA) is 53.4 Å². The molecule has 0 unspecified atom stereocenters. The quantitative estimate of drug-likeness (QED) is 0.776. The molecule has 0 saturated heterocycles.